The summed E-state index contributed by atoms with van der Waals surface area (Å²) in [5, 5.41) is 9.78. The van der Waals surface area contributed by atoms with Crippen LogP contribution in [0.5, 0.6) is 0 Å². The fourth-order valence-corrected chi connectivity index (χ4v) is 4.17. The topological polar surface area (TPSA) is 112 Å². The first-order valence-electron chi connectivity index (χ1n) is 8.70. The van der Waals surface area contributed by atoms with Crippen LogP contribution in [0.3, 0.4) is 0 Å². The maximum atomic E-state index is 13.6. The number of allylic oxidation sites excluding steroid dienone is 1. The van der Waals surface area contributed by atoms with E-state index in [0.29, 0.717) is 17.5 Å². The van der Waals surface area contributed by atoms with Crippen molar-refractivity contribution < 1.29 is 23.8 Å². The summed E-state index contributed by atoms with van der Waals surface area (Å²) >= 11 is 0. The molecule has 0 saturated carbocycles. The monoisotopic (exact) mass is 366 g/mol. The Labute approximate surface area is 156 Å². The van der Waals surface area contributed by atoms with Gasteiger partial charge in [-0.25, -0.2) is 4.79 Å². The summed E-state index contributed by atoms with van der Waals surface area (Å²) in [5.41, 5.74) is 4.77. The van der Waals surface area contributed by atoms with Crippen LogP contribution < -0.4 is 5.73 Å². The van der Waals surface area contributed by atoms with Gasteiger partial charge in [-0.3, -0.25) is 4.79 Å². The van der Waals surface area contributed by atoms with Gasteiger partial charge in [0.1, 0.15) is 23.0 Å². The molecule has 0 spiro atoms. The van der Waals surface area contributed by atoms with Gasteiger partial charge in [-0.1, -0.05) is 31.2 Å². The highest BCUT2D eigenvalue weighted by Crippen LogP contribution is 2.69. The number of nitriles is 1. The standard InChI is InChI=1S/C20H18N2O5/c1-4-10(2)25-18(24)15-11(3)26-20-13-8-6-5-7-12(13)16(23)19(15,20)14(9-21)17(22)27-20/h5-8,10H,4,22H2,1-3H3/t10?,19-,20-/m0/s1. The molecule has 0 aromatic heterocycles. The maximum Gasteiger partial charge on any atom is 0.339 e. The highest BCUT2D eigenvalue weighted by Gasteiger charge is 2.80. The lowest BCUT2D eigenvalue weighted by molar-refractivity contribution is -0.199. The van der Waals surface area contributed by atoms with E-state index in [4.69, 9.17) is 19.9 Å². The molecule has 0 amide bonds. The molecule has 3 atom stereocenters. The minimum absolute atomic E-state index is 0.0269. The van der Waals surface area contributed by atoms with Gasteiger partial charge in [-0.2, -0.15) is 5.26 Å². The summed E-state index contributed by atoms with van der Waals surface area (Å²) < 4.78 is 17.3. The van der Waals surface area contributed by atoms with Crippen LogP contribution in [-0.2, 0) is 24.8 Å². The van der Waals surface area contributed by atoms with Gasteiger partial charge in [-0.05, 0) is 20.3 Å². The maximum absolute atomic E-state index is 13.6. The predicted octanol–water partition coefficient (Wildman–Crippen LogP) is 2.39. The molecule has 27 heavy (non-hydrogen) atoms. The van der Waals surface area contributed by atoms with Crippen LogP contribution >= 0.6 is 0 Å². The number of esters is 1. The molecule has 1 unspecified atom stereocenters. The lowest BCUT2D eigenvalue weighted by Gasteiger charge is -2.31. The second-order valence-corrected chi connectivity index (χ2v) is 6.85. The van der Waals surface area contributed by atoms with Gasteiger partial charge in [0.05, 0.1) is 6.10 Å². The first-order chi connectivity index (χ1) is 12.8. The Morgan fingerprint density at radius 2 is 2.07 bits per heavy atom. The van der Waals surface area contributed by atoms with E-state index in [1.807, 2.05) is 13.0 Å². The number of carbonyl (C=O) groups is 2. The number of fused-ring (bicyclic) bond motifs is 1. The number of hydrogen-bond acceptors (Lipinski definition) is 7. The van der Waals surface area contributed by atoms with Gasteiger partial charge in [0.15, 0.2) is 11.2 Å². The smallest absolute Gasteiger partial charge is 0.339 e. The third-order valence-electron chi connectivity index (χ3n) is 5.46. The Morgan fingerprint density at radius 3 is 2.74 bits per heavy atom. The van der Waals surface area contributed by atoms with E-state index in [1.165, 1.54) is 0 Å². The lowest BCUT2D eigenvalue weighted by Crippen LogP contribution is -2.45. The van der Waals surface area contributed by atoms with Crippen LogP contribution in [0.2, 0.25) is 0 Å². The second kappa shape index (κ2) is 5.36. The molecule has 0 saturated heterocycles. The van der Waals surface area contributed by atoms with Crippen molar-refractivity contribution in [2.45, 2.75) is 39.1 Å². The molecule has 0 bridgehead atoms. The van der Waals surface area contributed by atoms with Gasteiger partial charge in [0.2, 0.25) is 5.88 Å². The molecule has 2 N–H and O–H groups in total. The van der Waals surface area contributed by atoms with Crippen molar-refractivity contribution in [3.63, 3.8) is 0 Å². The average Bonchev–Trinajstić information content (AvgIpc) is 3.11. The molecule has 0 fully saturated rings. The zero-order valence-electron chi connectivity index (χ0n) is 15.2. The van der Waals surface area contributed by atoms with E-state index in [2.05, 4.69) is 0 Å². The van der Waals surface area contributed by atoms with Crippen molar-refractivity contribution in [2.24, 2.45) is 11.1 Å². The first kappa shape index (κ1) is 17.2. The molecule has 7 heteroatoms. The highest BCUT2D eigenvalue weighted by molar-refractivity contribution is 6.16. The van der Waals surface area contributed by atoms with Crippen LogP contribution in [0.15, 0.2) is 47.1 Å². The van der Waals surface area contributed by atoms with E-state index in [-0.39, 0.29) is 28.9 Å². The molecule has 1 aliphatic carbocycles. The SMILES string of the molecule is CCC(C)OC(=O)C1=C(C)O[C@@]23OC(N)=C(C#N)[C@@]12C(=O)c1ccccc13. The number of nitrogens with zero attached hydrogens (tertiary/aromatic N) is 1. The third kappa shape index (κ3) is 1.75. The highest BCUT2D eigenvalue weighted by atomic mass is 16.7. The Hall–Kier alpha value is -3.27. The minimum Gasteiger partial charge on any atom is -0.459 e. The molecule has 3 aliphatic rings. The zero-order chi connectivity index (χ0) is 19.6. The fourth-order valence-electron chi connectivity index (χ4n) is 4.17. The summed E-state index contributed by atoms with van der Waals surface area (Å²) in [5.74, 6) is -2.89. The number of ketones is 1. The van der Waals surface area contributed by atoms with Gasteiger partial charge >= 0.3 is 11.8 Å². The first-order valence-corrected chi connectivity index (χ1v) is 8.70. The van der Waals surface area contributed by atoms with E-state index >= 15 is 0 Å². The van der Waals surface area contributed by atoms with Crippen LogP contribution in [-0.4, -0.2) is 17.9 Å². The summed E-state index contributed by atoms with van der Waals surface area (Å²) in [7, 11) is 0. The molecule has 1 aromatic carbocycles. The normalized spacial score (nSPS) is 28.7. The Balaban J connectivity index is 2.00. The van der Waals surface area contributed by atoms with Crippen LogP contribution in [0.4, 0.5) is 0 Å². The molecule has 1 aromatic rings. The molecule has 2 aliphatic heterocycles. The van der Waals surface area contributed by atoms with Crippen molar-refractivity contribution in [2.75, 3.05) is 0 Å². The van der Waals surface area contributed by atoms with Gasteiger partial charge in [-0.15, -0.1) is 0 Å². The molecular weight excluding hydrogens is 348 g/mol. The average molecular weight is 366 g/mol. The number of rotatable bonds is 3. The number of nitrogens with two attached hydrogens (primary N) is 1. The molecule has 4 rings (SSSR count). The van der Waals surface area contributed by atoms with Crippen molar-refractivity contribution in [1.29, 1.82) is 5.26 Å². The van der Waals surface area contributed by atoms with Gasteiger partial charge in [0.25, 0.3) is 0 Å². The number of carbonyl (C=O) groups excluding carboxylic acids is 2. The van der Waals surface area contributed by atoms with Gasteiger partial charge in [0, 0.05) is 11.1 Å². The zero-order valence-corrected chi connectivity index (χ0v) is 15.2. The summed E-state index contributed by atoms with van der Waals surface area (Å²) in [4.78, 5) is 26.6. The van der Waals surface area contributed by atoms with E-state index in [0.717, 1.165) is 0 Å². The summed E-state index contributed by atoms with van der Waals surface area (Å²) in [6.07, 6.45) is 0.238. The number of hydrogen-bond donors (Lipinski definition) is 1. The van der Waals surface area contributed by atoms with Gasteiger partial charge < -0.3 is 19.9 Å². The van der Waals surface area contributed by atoms with Crippen LogP contribution in [0.1, 0.15) is 43.1 Å². The molecule has 7 nitrogen and oxygen atoms in total. The molecule has 138 valence electrons. The lowest BCUT2D eigenvalue weighted by atomic mass is 9.69. The molecular formula is C20H18N2O5. The molecule has 0 radical (unpaired) electrons. The van der Waals surface area contributed by atoms with Crippen molar-refractivity contribution >= 4 is 11.8 Å². The number of benzene rings is 1. The quantitative estimate of drug-likeness (QED) is 0.817. The minimum atomic E-state index is -1.79. The van der Waals surface area contributed by atoms with Crippen molar-refractivity contribution in [1.82, 2.24) is 0 Å². The Kier molecular flexibility index (Phi) is 3.41. The third-order valence-corrected chi connectivity index (χ3v) is 5.46. The van der Waals surface area contributed by atoms with Crippen molar-refractivity contribution in [3.05, 3.63) is 58.2 Å². The number of Topliss-reactive ketones (excluding diaryl/α,β-unsaturated/α-hetero) is 1. The van der Waals surface area contributed by atoms with Crippen molar-refractivity contribution in [3.8, 4) is 6.07 Å². The number of ether oxygens (including phenoxy) is 3. The second-order valence-electron chi connectivity index (χ2n) is 6.85. The predicted molar refractivity (Wildman–Crippen MR) is 92.4 cm³/mol. The largest absolute Gasteiger partial charge is 0.459 e. The Morgan fingerprint density at radius 1 is 1.37 bits per heavy atom. The summed E-state index contributed by atoms with van der Waals surface area (Å²) in [6.45, 7) is 5.19. The van der Waals surface area contributed by atoms with E-state index < -0.39 is 23.0 Å². The Bertz CT molecular complexity index is 1000. The van der Waals surface area contributed by atoms with Crippen LogP contribution in [0.25, 0.3) is 0 Å². The van der Waals surface area contributed by atoms with Crippen LogP contribution in [0, 0.1) is 16.7 Å². The molecule has 2 heterocycles. The van der Waals surface area contributed by atoms with E-state index in [9.17, 15) is 14.9 Å². The van der Waals surface area contributed by atoms with E-state index in [1.54, 1.807) is 38.1 Å². The fraction of sp³-hybridized carbons (Fsp3) is 0.350. The summed E-state index contributed by atoms with van der Waals surface area (Å²) in [6, 6.07) is 8.70.